The summed E-state index contributed by atoms with van der Waals surface area (Å²) in [4.78, 5) is 20.3. The van der Waals surface area contributed by atoms with Crippen molar-refractivity contribution < 1.29 is 13.7 Å². The molecule has 1 aliphatic heterocycles. The Bertz CT molecular complexity index is 736. The minimum absolute atomic E-state index is 0.00868. The molecule has 2 aromatic rings. The van der Waals surface area contributed by atoms with E-state index in [1.807, 2.05) is 11.9 Å². The molecule has 0 bridgehead atoms. The molecule has 8 heteroatoms. The van der Waals surface area contributed by atoms with Gasteiger partial charge in [0, 0.05) is 19.2 Å². The van der Waals surface area contributed by atoms with Crippen LogP contribution in [0.15, 0.2) is 22.7 Å². The van der Waals surface area contributed by atoms with E-state index in [-0.39, 0.29) is 17.0 Å². The maximum absolute atomic E-state index is 13.3. The number of nitrogens with zero attached hydrogens (tertiary/aromatic N) is 4. The summed E-state index contributed by atoms with van der Waals surface area (Å²) >= 11 is 5.80. The quantitative estimate of drug-likeness (QED) is 0.856. The van der Waals surface area contributed by atoms with E-state index in [0.29, 0.717) is 36.9 Å². The first kappa shape index (κ1) is 15.9. The van der Waals surface area contributed by atoms with Gasteiger partial charge in [-0.3, -0.25) is 9.69 Å². The number of hydrogen-bond donors (Lipinski definition) is 0. The maximum atomic E-state index is 13.3. The van der Waals surface area contributed by atoms with Gasteiger partial charge < -0.3 is 9.42 Å². The van der Waals surface area contributed by atoms with Gasteiger partial charge in [-0.05, 0) is 31.7 Å². The van der Waals surface area contributed by atoms with Crippen molar-refractivity contribution in [2.45, 2.75) is 25.9 Å². The summed E-state index contributed by atoms with van der Waals surface area (Å²) in [6.07, 6.45) is 0.668. The molecule has 0 N–H and O–H groups in total. The zero-order valence-corrected chi connectivity index (χ0v) is 13.5. The Morgan fingerprint density at radius 2 is 2.30 bits per heavy atom. The fourth-order valence-corrected chi connectivity index (χ4v) is 2.90. The third-order valence-corrected chi connectivity index (χ3v) is 4.17. The van der Waals surface area contributed by atoms with Crippen LogP contribution in [-0.2, 0) is 11.3 Å². The first-order valence-electron chi connectivity index (χ1n) is 7.21. The van der Waals surface area contributed by atoms with Gasteiger partial charge in [-0.15, -0.1) is 0 Å². The second kappa shape index (κ2) is 6.25. The predicted octanol–water partition coefficient (Wildman–Crippen LogP) is 2.41. The SMILES string of the molecule is Cc1nc(CN(C)[C@@H]2CCN(c3ccc(F)c(Cl)c3)C2=O)no1. The Labute approximate surface area is 137 Å². The summed E-state index contributed by atoms with van der Waals surface area (Å²) in [6, 6.07) is 4.02. The number of benzene rings is 1. The number of likely N-dealkylation sites (N-methyl/N-ethyl adjacent to an activating group) is 1. The lowest BCUT2D eigenvalue weighted by Crippen LogP contribution is -2.39. The molecule has 0 saturated carbocycles. The van der Waals surface area contributed by atoms with E-state index in [2.05, 4.69) is 10.1 Å². The minimum atomic E-state index is -0.497. The summed E-state index contributed by atoms with van der Waals surface area (Å²) in [5, 5.41) is 3.85. The molecule has 122 valence electrons. The van der Waals surface area contributed by atoms with Crippen LogP contribution in [0.4, 0.5) is 10.1 Å². The van der Waals surface area contributed by atoms with Crippen LogP contribution in [0.1, 0.15) is 18.1 Å². The van der Waals surface area contributed by atoms with Crippen LogP contribution in [-0.4, -0.2) is 40.6 Å². The highest BCUT2D eigenvalue weighted by atomic mass is 35.5. The van der Waals surface area contributed by atoms with E-state index >= 15 is 0 Å². The van der Waals surface area contributed by atoms with E-state index in [4.69, 9.17) is 16.1 Å². The lowest BCUT2D eigenvalue weighted by atomic mass is 10.2. The second-order valence-electron chi connectivity index (χ2n) is 5.54. The van der Waals surface area contributed by atoms with E-state index in [0.717, 1.165) is 0 Å². The number of carbonyl (C=O) groups excluding carboxylic acids is 1. The number of hydrogen-bond acceptors (Lipinski definition) is 5. The molecule has 1 aromatic carbocycles. The van der Waals surface area contributed by atoms with Crippen molar-refractivity contribution in [3.63, 3.8) is 0 Å². The normalized spacial score (nSPS) is 18.2. The van der Waals surface area contributed by atoms with Gasteiger partial charge in [-0.2, -0.15) is 4.98 Å². The van der Waals surface area contributed by atoms with Crippen LogP contribution in [0.5, 0.6) is 0 Å². The van der Waals surface area contributed by atoms with Crippen molar-refractivity contribution in [3.8, 4) is 0 Å². The van der Waals surface area contributed by atoms with Gasteiger partial charge >= 0.3 is 0 Å². The fourth-order valence-electron chi connectivity index (χ4n) is 2.72. The average molecular weight is 339 g/mol. The highest BCUT2D eigenvalue weighted by molar-refractivity contribution is 6.31. The molecule has 0 radical (unpaired) electrons. The van der Waals surface area contributed by atoms with Crippen LogP contribution in [0.25, 0.3) is 0 Å². The number of rotatable bonds is 4. The molecule has 3 rings (SSSR count). The first-order chi connectivity index (χ1) is 11.0. The highest BCUT2D eigenvalue weighted by Gasteiger charge is 2.35. The van der Waals surface area contributed by atoms with Crippen molar-refractivity contribution in [1.82, 2.24) is 15.0 Å². The lowest BCUT2D eigenvalue weighted by molar-refractivity contribution is -0.121. The standard InChI is InChI=1S/C15H16ClFN4O2/c1-9-18-14(19-23-9)8-20(2)13-5-6-21(15(13)22)10-3-4-12(17)11(16)7-10/h3-4,7,13H,5-6,8H2,1-2H3/t13-/m1/s1. The van der Waals surface area contributed by atoms with Gasteiger partial charge in [0.2, 0.25) is 11.8 Å². The molecular weight excluding hydrogens is 323 g/mol. The fraction of sp³-hybridized carbons (Fsp3) is 0.400. The van der Waals surface area contributed by atoms with Gasteiger partial charge in [0.25, 0.3) is 0 Å². The second-order valence-corrected chi connectivity index (χ2v) is 5.94. The number of aromatic nitrogens is 2. The smallest absolute Gasteiger partial charge is 0.244 e. The molecule has 0 unspecified atom stereocenters. The Kier molecular flexibility index (Phi) is 4.32. The maximum Gasteiger partial charge on any atom is 0.244 e. The molecule has 1 amide bonds. The molecule has 1 aromatic heterocycles. The van der Waals surface area contributed by atoms with Crippen molar-refractivity contribution in [1.29, 1.82) is 0 Å². The Morgan fingerprint density at radius 3 is 2.96 bits per heavy atom. The van der Waals surface area contributed by atoms with E-state index in [1.165, 1.54) is 12.1 Å². The number of carbonyl (C=O) groups is 1. The van der Waals surface area contributed by atoms with Gasteiger partial charge in [0.05, 0.1) is 17.6 Å². The molecule has 0 spiro atoms. The van der Waals surface area contributed by atoms with E-state index < -0.39 is 5.82 Å². The van der Waals surface area contributed by atoms with E-state index in [1.54, 1.807) is 17.9 Å². The summed E-state index contributed by atoms with van der Waals surface area (Å²) in [7, 11) is 1.84. The van der Waals surface area contributed by atoms with Gasteiger partial charge in [-0.1, -0.05) is 16.8 Å². The number of aryl methyl sites for hydroxylation is 1. The van der Waals surface area contributed by atoms with Crippen molar-refractivity contribution >= 4 is 23.2 Å². The van der Waals surface area contributed by atoms with Crippen molar-refractivity contribution in [3.05, 3.63) is 40.8 Å². The number of anilines is 1. The lowest BCUT2D eigenvalue weighted by Gasteiger charge is -2.22. The number of halogens is 2. The molecule has 6 nitrogen and oxygen atoms in total. The molecule has 1 aliphatic rings. The average Bonchev–Trinajstić information content (AvgIpc) is 3.08. The van der Waals surface area contributed by atoms with Crippen LogP contribution in [0.2, 0.25) is 5.02 Å². The molecular formula is C15H16ClFN4O2. The van der Waals surface area contributed by atoms with Crippen molar-refractivity contribution in [2.24, 2.45) is 0 Å². The largest absolute Gasteiger partial charge is 0.340 e. The van der Waals surface area contributed by atoms with Crippen molar-refractivity contribution in [2.75, 3.05) is 18.5 Å². The molecule has 1 atom stereocenters. The topological polar surface area (TPSA) is 62.5 Å². The van der Waals surface area contributed by atoms with Gasteiger partial charge in [-0.25, -0.2) is 4.39 Å². The highest BCUT2D eigenvalue weighted by Crippen LogP contribution is 2.28. The van der Waals surface area contributed by atoms with Crippen LogP contribution >= 0.6 is 11.6 Å². The van der Waals surface area contributed by atoms with Gasteiger partial charge in [0.1, 0.15) is 5.82 Å². The zero-order valence-electron chi connectivity index (χ0n) is 12.8. The molecule has 1 fully saturated rings. The van der Waals surface area contributed by atoms with Crippen LogP contribution < -0.4 is 4.90 Å². The summed E-state index contributed by atoms with van der Waals surface area (Å²) < 4.78 is 18.2. The first-order valence-corrected chi connectivity index (χ1v) is 7.59. The van der Waals surface area contributed by atoms with E-state index in [9.17, 15) is 9.18 Å². The molecule has 23 heavy (non-hydrogen) atoms. The summed E-state index contributed by atoms with van der Waals surface area (Å²) in [5.41, 5.74) is 0.604. The summed E-state index contributed by atoms with van der Waals surface area (Å²) in [6.45, 7) is 2.70. The minimum Gasteiger partial charge on any atom is -0.340 e. The summed E-state index contributed by atoms with van der Waals surface area (Å²) in [5.74, 6) is 0.494. The predicted molar refractivity (Wildman–Crippen MR) is 82.7 cm³/mol. The molecule has 2 heterocycles. The van der Waals surface area contributed by atoms with Crippen LogP contribution in [0.3, 0.4) is 0 Å². The monoisotopic (exact) mass is 338 g/mol. The Morgan fingerprint density at radius 1 is 1.52 bits per heavy atom. The van der Waals surface area contributed by atoms with Crippen LogP contribution in [0, 0.1) is 12.7 Å². The zero-order chi connectivity index (χ0) is 16.6. The Hall–Kier alpha value is -1.99. The molecule has 0 aliphatic carbocycles. The Balaban J connectivity index is 1.71. The third kappa shape index (κ3) is 3.20. The number of amides is 1. The van der Waals surface area contributed by atoms with Gasteiger partial charge in [0.15, 0.2) is 5.82 Å². The molecule has 1 saturated heterocycles. The third-order valence-electron chi connectivity index (χ3n) is 3.88.